The number of allylic oxidation sites excluding steroid dienone is 2. The van der Waals surface area contributed by atoms with Crippen molar-refractivity contribution < 1.29 is 14.4 Å². The van der Waals surface area contributed by atoms with E-state index in [1.165, 1.54) is 11.3 Å². The molecule has 1 aliphatic heterocycles. The van der Waals surface area contributed by atoms with Gasteiger partial charge < -0.3 is 5.32 Å². The molecule has 1 N–H and O–H groups in total. The Morgan fingerprint density at radius 1 is 1.09 bits per heavy atom. The second-order valence-electron chi connectivity index (χ2n) is 7.57. The third kappa shape index (κ3) is 2.24. The van der Waals surface area contributed by atoms with Crippen LogP contribution in [0.1, 0.15) is 45.4 Å². The summed E-state index contributed by atoms with van der Waals surface area (Å²) in [6.45, 7) is 1.68. The van der Waals surface area contributed by atoms with Gasteiger partial charge in [-0.2, -0.15) is 0 Å². The minimum absolute atomic E-state index is 0.136. The molecule has 5 heteroatoms. The fourth-order valence-corrected chi connectivity index (χ4v) is 4.99. The molecule has 1 saturated heterocycles. The molecular weight excluding hydrogens is 292 g/mol. The van der Waals surface area contributed by atoms with E-state index in [1.54, 1.807) is 6.92 Å². The molecule has 2 bridgehead atoms. The van der Waals surface area contributed by atoms with Crippen molar-refractivity contribution in [1.29, 1.82) is 0 Å². The van der Waals surface area contributed by atoms with Crippen LogP contribution >= 0.6 is 0 Å². The Hall–Kier alpha value is -1.65. The Morgan fingerprint density at radius 2 is 1.65 bits per heavy atom. The lowest BCUT2D eigenvalue weighted by Crippen LogP contribution is -2.51. The first-order valence-electron chi connectivity index (χ1n) is 8.93. The smallest absolute Gasteiger partial charge is 0.243 e. The van der Waals surface area contributed by atoms with Crippen molar-refractivity contribution in [2.75, 3.05) is 0 Å². The standard InChI is InChI=1S/C18H24N2O3/c1-10(16(21)19-13-5-3-2-4-6-13)20-17(22)14-11-7-8-12(9-11)15(14)18(20)23/h7-8,10-15H,2-6,9H2,1H3,(H,19,21)/t10-,11-,12+,14-,15+/m1/s1. The number of amides is 3. The maximum Gasteiger partial charge on any atom is 0.243 e. The Balaban J connectivity index is 1.46. The summed E-state index contributed by atoms with van der Waals surface area (Å²) in [6.07, 6.45) is 10.6. The lowest BCUT2D eigenvalue weighted by Gasteiger charge is -2.28. The lowest BCUT2D eigenvalue weighted by molar-refractivity contribution is -0.148. The molecule has 1 heterocycles. The first kappa shape index (κ1) is 14.9. The predicted octanol–water partition coefficient (Wildman–Crippen LogP) is 1.63. The Bertz CT molecular complexity index is 549. The fraction of sp³-hybridized carbons (Fsp3) is 0.722. The summed E-state index contributed by atoms with van der Waals surface area (Å²) in [5.74, 6) is -0.504. The SMILES string of the molecule is C[C@H](C(=O)NC1CCCCC1)N1C(=O)[C@@H]2[C@H](C1=O)[C@@H]1C=C[C@H]2C1. The van der Waals surface area contributed by atoms with Gasteiger partial charge in [0, 0.05) is 6.04 Å². The van der Waals surface area contributed by atoms with Gasteiger partial charge in [-0.3, -0.25) is 19.3 Å². The van der Waals surface area contributed by atoms with Crippen LogP contribution in [0.5, 0.6) is 0 Å². The van der Waals surface area contributed by atoms with E-state index in [0.717, 1.165) is 32.1 Å². The number of hydrogen-bond acceptors (Lipinski definition) is 3. The van der Waals surface area contributed by atoms with Crippen LogP contribution in [-0.4, -0.2) is 34.7 Å². The molecule has 0 aromatic carbocycles. The quantitative estimate of drug-likeness (QED) is 0.636. The summed E-state index contributed by atoms with van der Waals surface area (Å²) in [7, 11) is 0. The van der Waals surface area contributed by atoms with Gasteiger partial charge in [0.05, 0.1) is 11.8 Å². The number of hydrogen-bond donors (Lipinski definition) is 1. The summed E-state index contributed by atoms with van der Waals surface area (Å²) in [5, 5.41) is 3.04. The zero-order valence-corrected chi connectivity index (χ0v) is 13.5. The molecule has 2 saturated carbocycles. The van der Waals surface area contributed by atoms with Gasteiger partial charge in [-0.05, 0) is 38.0 Å². The van der Waals surface area contributed by atoms with Crippen molar-refractivity contribution in [3.8, 4) is 0 Å². The van der Waals surface area contributed by atoms with Crippen molar-refractivity contribution in [1.82, 2.24) is 10.2 Å². The van der Waals surface area contributed by atoms with Crippen molar-refractivity contribution >= 4 is 17.7 Å². The van der Waals surface area contributed by atoms with Gasteiger partial charge in [0.1, 0.15) is 6.04 Å². The highest BCUT2D eigenvalue weighted by Crippen LogP contribution is 2.52. The largest absolute Gasteiger partial charge is 0.352 e. The van der Waals surface area contributed by atoms with Gasteiger partial charge in [0.15, 0.2) is 0 Å². The fourth-order valence-electron chi connectivity index (χ4n) is 4.99. The van der Waals surface area contributed by atoms with E-state index < -0.39 is 6.04 Å². The monoisotopic (exact) mass is 316 g/mol. The number of likely N-dealkylation sites (tertiary alicyclic amines) is 1. The second kappa shape index (κ2) is 5.46. The third-order valence-electron chi connectivity index (χ3n) is 6.22. The Kier molecular flexibility index (Phi) is 3.54. The molecule has 0 aromatic rings. The van der Waals surface area contributed by atoms with Crippen LogP contribution in [0.15, 0.2) is 12.2 Å². The summed E-state index contributed by atoms with van der Waals surface area (Å²) < 4.78 is 0. The predicted molar refractivity (Wildman–Crippen MR) is 84.0 cm³/mol. The van der Waals surface area contributed by atoms with Gasteiger partial charge in [-0.25, -0.2) is 0 Å². The van der Waals surface area contributed by atoms with E-state index in [2.05, 4.69) is 17.5 Å². The molecule has 3 aliphatic carbocycles. The second-order valence-corrected chi connectivity index (χ2v) is 7.57. The van der Waals surface area contributed by atoms with Crippen LogP contribution in [0.2, 0.25) is 0 Å². The van der Waals surface area contributed by atoms with Crippen LogP contribution in [0.4, 0.5) is 0 Å². The van der Waals surface area contributed by atoms with E-state index in [9.17, 15) is 14.4 Å². The van der Waals surface area contributed by atoms with Crippen molar-refractivity contribution in [3.63, 3.8) is 0 Å². The molecule has 23 heavy (non-hydrogen) atoms. The zero-order chi connectivity index (χ0) is 16.1. The van der Waals surface area contributed by atoms with Crippen LogP contribution in [0, 0.1) is 23.7 Å². The average Bonchev–Trinajstić information content (AvgIpc) is 3.22. The molecule has 124 valence electrons. The molecule has 0 radical (unpaired) electrons. The lowest BCUT2D eigenvalue weighted by atomic mass is 9.85. The highest BCUT2D eigenvalue weighted by atomic mass is 16.2. The van der Waals surface area contributed by atoms with Gasteiger partial charge in [0.2, 0.25) is 17.7 Å². The summed E-state index contributed by atoms with van der Waals surface area (Å²) in [6, 6.07) is -0.495. The molecule has 4 aliphatic rings. The maximum atomic E-state index is 12.7. The molecule has 5 nitrogen and oxygen atoms in total. The highest BCUT2D eigenvalue weighted by molar-refractivity contribution is 6.09. The molecule has 0 aromatic heterocycles. The van der Waals surface area contributed by atoms with Gasteiger partial charge >= 0.3 is 0 Å². The molecule has 0 spiro atoms. The number of fused-ring (bicyclic) bond motifs is 5. The van der Waals surface area contributed by atoms with E-state index in [4.69, 9.17) is 0 Å². The number of carbonyl (C=O) groups is 3. The Labute approximate surface area is 136 Å². The minimum atomic E-state index is -0.693. The van der Waals surface area contributed by atoms with Gasteiger partial charge in [-0.15, -0.1) is 0 Å². The normalized spacial score (nSPS) is 37.3. The topological polar surface area (TPSA) is 66.5 Å². The maximum absolute atomic E-state index is 12.7. The summed E-state index contributed by atoms with van der Waals surface area (Å²) in [5.41, 5.74) is 0. The van der Waals surface area contributed by atoms with Crippen LogP contribution in [0.25, 0.3) is 0 Å². The molecular formula is C18H24N2O3. The first-order valence-corrected chi connectivity index (χ1v) is 8.93. The number of nitrogens with zero attached hydrogens (tertiary/aromatic N) is 1. The van der Waals surface area contributed by atoms with Crippen LogP contribution in [-0.2, 0) is 14.4 Å². The first-order chi connectivity index (χ1) is 11.1. The molecule has 5 atom stereocenters. The molecule has 3 fully saturated rings. The Morgan fingerprint density at radius 3 is 2.22 bits per heavy atom. The molecule has 0 unspecified atom stereocenters. The van der Waals surface area contributed by atoms with E-state index >= 15 is 0 Å². The number of carbonyl (C=O) groups excluding carboxylic acids is 3. The number of rotatable bonds is 3. The van der Waals surface area contributed by atoms with Crippen molar-refractivity contribution in [2.45, 2.75) is 57.5 Å². The molecule has 3 amide bonds. The molecule has 4 rings (SSSR count). The van der Waals surface area contributed by atoms with E-state index in [0.29, 0.717) is 0 Å². The van der Waals surface area contributed by atoms with Crippen molar-refractivity contribution in [2.24, 2.45) is 23.7 Å². The van der Waals surface area contributed by atoms with Crippen LogP contribution < -0.4 is 5.32 Å². The highest BCUT2D eigenvalue weighted by Gasteiger charge is 2.60. The summed E-state index contributed by atoms with van der Waals surface area (Å²) >= 11 is 0. The van der Waals surface area contributed by atoms with Crippen molar-refractivity contribution in [3.05, 3.63) is 12.2 Å². The van der Waals surface area contributed by atoms with E-state index in [-0.39, 0.29) is 47.4 Å². The summed E-state index contributed by atoms with van der Waals surface area (Å²) in [4.78, 5) is 39.2. The van der Waals surface area contributed by atoms with Gasteiger partial charge in [0.25, 0.3) is 0 Å². The van der Waals surface area contributed by atoms with Crippen LogP contribution in [0.3, 0.4) is 0 Å². The minimum Gasteiger partial charge on any atom is -0.352 e. The number of imide groups is 1. The average molecular weight is 316 g/mol. The third-order valence-corrected chi connectivity index (χ3v) is 6.22. The van der Waals surface area contributed by atoms with Gasteiger partial charge in [-0.1, -0.05) is 31.4 Å². The zero-order valence-electron chi connectivity index (χ0n) is 13.5. The number of nitrogens with one attached hydrogen (secondary N) is 1. The van der Waals surface area contributed by atoms with E-state index in [1.807, 2.05) is 0 Å².